The molecule has 1 N–H and O–H groups in total. The lowest BCUT2D eigenvalue weighted by molar-refractivity contribution is -0.240. The van der Waals surface area contributed by atoms with E-state index in [2.05, 4.69) is 0 Å². The molecule has 0 aliphatic carbocycles. The average Bonchev–Trinajstić information content (AvgIpc) is 2.53. The number of para-hydroxylation sites is 1. The van der Waals surface area contributed by atoms with Gasteiger partial charge in [-0.05, 0) is 24.3 Å². The van der Waals surface area contributed by atoms with Crippen LogP contribution in [-0.2, 0) is 10.4 Å². The average molecular weight is 338 g/mol. The van der Waals surface area contributed by atoms with Crippen LogP contribution >= 0.6 is 0 Å². The molecule has 124 valence electrons. The van der Waals surface area contributed by atoms with Crippen LogP contribution in [0, 0.1) is 5.82 Å². The van der Waals surface area contributed by atoms with Crippen molar-refractivity contribution in [1.29, 1.82) is 0 Å². The van der Waals surface area contributed by atoms with Gasteiger partial charge in [0.05, 0.1) is 5.57 Å². The van der Waals surface area contributed by atoms with E-state index >= 15 is 0 Å². The Kier molecular flexibility index (Phi) is 3.59. The monoisotopic (exact) mass is 338 g/mol. The van der Waals surface area contributed by atoms with Crippen LogP contribution in [0.15, 0.2) is 54.1 Å². The summed E-state index contributed by atoms with van der Waals surface area (Å²) in [6.45, 7) is 0. The summed E-state index contributed by atoms with van der Waals surface area (Å²) in [5, 5.41) is 9.36. The Hall–Kier alpha value is -2.83. The van der Waals surface area contributed by atoms with Gasteiger partial charge in [-0.2, -0.15) is 13.2 Å². The standard InChI is InChI=1S/C17H10F4O3/c18-12-7-5-11(6-8-12)16(17(19,20)21)13(15(22)23)9-10-3-1-2-4-14(10)24-16/h1-9H,(H,22,23). The number of aliphatic carboxylic acids is 1. The lowest BCUT2D eigenvalue weighted by Crippen LogP contribution is -2.52. The highest BCUT2D eigenvalue weighted by molar-refractivity contribution is 5.96. The molecule has 0 aromatic heterocycles. The predicted octanol–water partition coefficient (Wildman–Crippen LogP) is 4.14. The number of alkyl halides is 3. The third-order valence-electron chi connectivity index (χ3n) is 3.74. The molecule has 0 radical (unpaired) electrons. The molecule has 3 rings (SSSR count). The van der Waals surface area contributed by atoms with E-state index in [4.69, 9.17) is 4.74 Å². The summed E-state index contributed by atoms with van der Waals surface area (Å²) >= 11 is 0. The number of fused-ring (bicyclic) bond motifs is 1. The van der Waals surface area contributed by atoms with Crippen LogP contribution in [0.25, 0.3) is 6.08 Å². The Morgan fingerprint density at radius 1 is 1.04 bits per heavy atom. The molecule has 24 heavy (non-hydrogen) atoms. The quantitative estimate of drug-likeness (QED) is 0.837. The van der Waals surface area contributed by atoms with Crippen molar-refractivity contribution in [3.63, 3.8) is 0 Å². The molecule has 2 aromatic rings. The zero-order valence-corrected chi connectivity index (χ0v) is 12.0. The number of ether oxygens (including phenoxy) is 1. The zero-order chi connectivity index (χ0) is 17.5. The molecule has 1 aliphatic rings. The summed E-state index contributed by atoms with van der Waals surface area (Å²) < 4.78 is 60.2. The number of rotatable bonds is 2. The molecule has 1 aliphatic heterocycles. The zero-order valence-electron chi connectivity index (χ0n) is 12.0. The minimum absolute atomic E-state index is 0.107. The van der Waals surface area contributed by atoms with Crippen molar-refractivity contribution in [2.24, 2.45) is 0 Å². The smallest absolute Gasteiger partial charge is 0.437 e. The Labute approximate surface area is 133 Å². The van der Waals surface area contributed by atoms with Gasteiger partial charge in [-0.15, -0.1) is 0 Å². The van der Waals surface area contributed by atoms with Gasteiger partial charge in [0, 0.05) is 11.1 Å². The number of benzene rings is 2. The number of hydrogen-bond donors (Lipinski definition) is 1. The van der Waals surface area contributed by atoms with E-state index < -0.39 is 34.7 Å². The van der Waals surface area contributed by atoms with E-state index in [1.54, 1.807) is 6.07 Å². The largest absolute Gasteiger partial charge is 0.478 e. The number of carboxylic acid groups (broad SMARTS) is 1. The maximum absolute atomic E-state index is 14.0. The van der Waals surface area contributed by atoms with Crippen LogP contribution in [0.2, 0.25) is 0 Å². The van der Waals surface area contributed by atoms with Gasteiger partial charge in [0.2, 0.25) is 0 Å². The molecule has 3 nitrogen and oxygen atoms in total. The third-order valence-corrected chi connectivity index (χ3v) is 3.74. The second-order valence-electron chi connectivity index (χ2n) is 5.19. The second-order valence-corrected chi connectivity index (χ2v) is 5.19. The number of carboxylic acids is 1. The van der Waals surface area contributed by atoms with Crippen LogP contribution in [0.4, 0.5) is 17.6 Å². The van der Waals surface area contributed by atoms with Gasteiger partial charge in [0.15, 0.2) is 0 Å². The summed E-state index contributed by atoms with van der Waals surface area (Å²) in [5.74, 6) is -2.62. The minimum Gasteiger partial charge on any atom is -0.478 e. The van der Waals surface area contributed by atoms with Crippen LogP contribution in [0.3, 0.4) is 0 Å². The highest BCUT2D eigenvalue weighted by Crippen LogP contribution is 2.51. The number of carbonyl (C=O) groups is 1. The molecular formula is C17H10F4O3. The van der Waals surface area contributed by atoms with Crippen molar-refractivity contribution < 1.29 is 32.2 Å². The lowest BCUT2D eigenvalue weighted by atomic mass is 9.82. The summed E-state index contributed by atoms with van der Waals surface area (Å²) in [6.07, 6.45) is -4.15. The van der Waals surface area contributed by atoms with Crippen molar-refractivity contribution in [2.75, 3.05) is 0 Å². The van der Waals surface area contributed by atoms with Gasteiger partial charge >= 0.3 is 12.1 Å². The number of hydrogen-bond acceptors (Lipinski definition) is 2. The summed E-state index contributed by atoms with van der Waals surface area (Å²) in [6, 6.07) is 9.18. The van der Waals surface area contributed by atoms with Crippen molar-refractivity contribution in [2.45, 2.75) is 11.8 Å². The summed E-state index contributed by atoms with van der Waals surface area (Å²) in [5.41, 5.74) is -4.50. The van der Waals surface area contributed by atoms with Crippen molar-refractivity contribution >= 4 is 12.0 Å². The predicted molar refractivity (Wildman–Crippen MR) is 76.8 cm³/mol. The first-order valence-electron chi connectivity index (χ1n) is 6.82. The Bertz CT molecular complexity index is 824. The lowest BCUT2D eigenvalue weighted by Gasteiger charge is -2.39. The SMILES string of the molecule is O=C(O)C1=Cc2ccccc2OC1(c1ccc(F)cc1)C(F)(F)F. The fourth-order valence-electron chi connectivity index (χ4n) is 2.66. The molecular weight excluding hydrogens is 328 g/mol. The van der Waals surface area contributed by atoms with Gasteiger partial charge in [-0.1, -0.05) is 30.3 Å². The van der Waals surface area contributed by atoms with Crippen LogP contribution in [0.5, 0.6) is 5.75 Å². The van der Waals surface area contributed by atoms with E-state index in [0.29, 0.717) is 0 Å². The fraction of sp³-hybridized carbons (Fsp3) is 0.118. The molecule has 1 atom stereocenters. The van der Waals surface area contributed by atoms with Gasteiger partial charge in [0.25, 0.3) is 5.60 Å². The molecule has 0 bridgehead atoms. The maximum Gasteiger partial charge on any atom is 0.437 e. The van der Waals surface area contributed by atoms with Crippen LogP contribution in [-0.4, -0.2) is 17.3 Å². The van der Waals surface area contributed by atoms with E-state index in [-0.39, 0.29) is 11.3 Å². The van der Waals surface area contributed by atoms with Gasteiger partial charge in [-0.25, -0.2) is 9.18 Å². The first-order chi connectivity index (χ1) is 11.3. The fourth-order valence-corrected chi connectivity index (χ4v) is 2.66. The molecule has 1 heterocycles. The molecule has 2 aromatic carbocycles. The summed E-state index contributed by atoms with van der Waals surface area (Å²) in [7, 11) is 0. The van der Waals surface area contributed by atoms with Crippen LogP contribution in [0.1, 0.15) is 11.1 Å². The first-order valence-corrected chi connectivity index (χ1v) is 6.82. The molecule has 7 heteroatoms. The minimum atomic E-state index is -5.08. The molecule has 1 unspecified atom stereocenters. The Morgan fingerprint density at radius 2 is 1.67 bits per heavy atom. The maximum atomic E-state index is 14.0. The highest BCUT2D eigenvalue weighted by Gasteiger charge is 2.64. The molecule has 0 fully saturated rings. The molecule has 0 spiro atoms. The van der Waals surface area contributed by atoms with Gasteiger partial charge in [0.1, 0.15) is 11.6 Å². The Balaban J connectivity index is 2.33. The van der Waals surface area contributed by atoms with Crippen molar-refractivity contribution in [3.8, 4) is 5.75 Å². The third kappa shape index (κ3) is 2.33. The Morgan fingerprint density at radius 3 is 2.25 bits per heavy atom. The van der Waals surface area contributed by atoms with Crippen LogP contribution < -0.4 is 4.74 Å². The van der Waals surface area contributed by atoms with E-state index in [9.17, 15) is 27.5 Å². The van der Waals surface area contributed by atoms with Crippen molar-refractivity contribution in [1.82, 2.24) is 0 Å². The normalized spacial score (nSPS) is 19.9. The topological polar surface area (TPSA) is 46.5 Å². The van der Waals surface area contributed by atoms with Gasteiger partial charge in [-0.3, -0.25) is 0 Å². The van der Waals surface area contributed by atoms with Crippen molar-refractivity contribution in [3.05, 3.63) is 71.0 Å². The van der Waals surface area contributed by atoms with E-state index in [0.717, 1.165) is 30.3 Å². The van der Waals surface area contributed by atoms with E-state index in [1.807, 2.05) is 0 Å². The number of halogens is 4. The molecule has 0 saturated heterocycles. The second kappa shape index (κ2) is 5.36. The summed E-state index contributed by atoms with van der Waals surface area (Å²) in [4.78, 5) is 11.5. The molecule has 0 saturated carbocycles. The molecule has 0 amide bonds. The van der Waals surface area contributed by atoms with E-state index in [1.165, 1.54) is 18.2 Å². The van der Waals surface area contributed by atoms with Gasteiger partial charge < -0.3 is 9.84 Å². The first kappa shape index (κ1) is 16.0. The highest BCUT2D eigenvalue weighted by atomic mass is 19.4.